The maximum absolute atomic E-state index is 10.8. The third-order valence-corrected chi connectivity index (χ3v) is 8.58. The summed E-state index contributed by atoms with van der Waals surface area (Å²) in [4.78, 5) is 12.2. The summed E-state index contributed by atoms with van der Waals surface area (Å²) in [6.07, 6.45) is 1.94. The molecule has 3 heterocycles. The second kappa shape index (κ2) is 9.44. The molecule has 208 valence electrons. The Kier molecular flexibility index (Phi) is 6.22. The number of pyridine rings is 2. The highest BCUT2D eigenvalue weighted by atomic mass is 16.3. The monoisotopic (exact) mass is 541 g/mol. The molecule has 0 spiro atoms. The smallest absolute Gasteiger partial charge is 0.141 e. The standard InChI is InChI=1S/C37H39N3O/c1-22(2)24-10-13-28-31(19-24)40(34-18-9-23(3)21-38-34)32-20-25(11-14-29(32)37(28,7)8)30-16-12-26-27(36(4,5)6)15-17-33(41)35(26)39-30/h9-22,41H,1-8H3. The maximum atomic E-state index is 10.8. The van der Waals surface area contributed by atoms with Crippen LogP contribution in [-0.4, -0.2) is 15.1 Å². The topological polar surface area (TPSA) is 49.2 Å². The van der Waals surface area contributed by atoms with Crippen LogP contribution < -0.4 is 4.90 Å². The maximum Gasteiger partial charge on any atom is 0.141 e. The number of nitrogens with zero attached hydrogens (tertiary/aromatic N) is 3. The van der Waals surface area contributed by atoms with Crippen molar-refractivity contribution in [3.05, 3.63) is 107 Å². The normalized spacial score (nSPS) is 14.3. The Morgan fingerprint density at radius 2 is 1.54 bits per heavy atom. The first-order valence-corrected chi connectivity index (χ1v) is 14.5. The molecular formula is C37H39N3O. The summed E-state index contributed by atoms with van der Waals surface area (Å²) < 4.78 is 0. The van der Waals surface area contributed by atoms with Gasteiger partial charge in [0.1, 0.15) is 17.1 Å². The fraction of sp³-hybridized carbons (Fsp3) is 0.297. The molecule has 0 bridgehead atoms. The zero-order chi connectivity index (χ0) is 29.3. The number of hydrogen-bond donors (Lipinski definition) is 1. The van der Waals surface area contributed by atoms with Gasteiger partial charge >= 0.3 is 0 Å². The largest absolute Gasteiger partial charge is 0.506 e. The minimum Gasteiger partial charge on any atom is -0.506 e. The van der Waals surface area contributed by atoms with E-state index in [1.165, 1.54) is 27.9 Å². The molecule has 0 atom stereocenters. The van der Waals surface area contributed by atoms with Gasteiger partial charge in [-0.1, -0.05) is 90.9 Å². The van der Waals surface area contributed by atoms with E-state index in [0.717, 1.165) is 33.7 Å². The number of aromatic nitrogens is 2. The fourth-order valence-electron chi connectivity index (χ4n) is 6.16. The Morgan fingerprint density at radius 3 is 2.20 bits per heavy atom. The van der Waals surface area contributed by atoms with E-state index in [4.69, 9.17) is 9.97 Å². The quantitative estimate of drug-likeness (QED) is 0.247. The van der Waals surface area contributed by atoms with Crippen LogP contribution in [0.25, 0.3) is 22.2 Å². The number of phenolic OH excluding ortho intramolecular Hbond substituents is 1. The van der Waals surface area contributed by atoms with Gasteiger partial charge in [-0.15, -0.1) is 0 Å². The van der Waals surface area contributed by atoms with E-state index in [1.807, 2.05) is 12.3 Å². The summed E-state index contributed by atoms with van der Waals surface area (Å²) in [5, 5.41) is 11.8. The molecule has 0 amide bonds. The molecule has 4 heteroatoms. The lowest BCUT2D eigenvalue weighted by Crippen LogP contribution is -2.31. The predicted molar refractivity (Wildman–Crippen MR) is 171 cm³/mol. The lowest BCUT2D eigenvalue weighted by molar-refractivity contribution is 0.479. The van der Waals surface area contributed by atoms with Gasteiger partial charge < -0.3 is 5.11 Å². The number of anilines is 3. The van der Waals surface area contributed by atoms with E-state index in [9.17, 15) is 5.11 Å². The van der Waals surface area contributed by atoms with Crippen molar-refractivity contribution in [1.82, 2.24) is 9.97 Å². The third kappa shape index (κ3) is 4.46. The highest BCUT2D eigenvalue weighted by Gasteiger charge is 2.38. The van der Waals surface area contributed by atoms with Crippen molar-refractivity contribution in [2.45, 2.75) is 72.1 Å². The van der Waals surface area contributed by atoms with Crippen molar-refractivity contribution >= 4 is 28.1 Å². The number of hydrogen-bond acceptors (Lipinski definition) is 4. The van der Waals surface area contributed by atoms with Gasteiger partial charge in [0.05, 0.1) is 17.1 Å². The molecule has 0 fully saturated rings. The molecule has 3 aromatic carbocycles. The zero-order valence-electron chi connectivity index (χ0n) is 25.4. The second-order valence-corrected chi connectivity index (χ2v) is 13.3. The summed E-state index contributed by atoms with van der Waals surface area (Å²) in [5.41, 5.74) is 10.6. The Morgan fingerprint density at radius 1 is 0.829 bits per heavy atom. The molecule has 0 unspecified atom stereocenters. The lowest BCUT2D eigenvalue weighted by atomic mass is 9.72. The number of rotatable bonds is 3. The lowest BCUT2D eigenvalue weighted by Gasteiger charge is -2.42. The van der Waals surface area contributed by atoms with Crippen LogP contribution >= 0.6 is 0 Å². The van der Waals surface area contributed by atoms with Crippen LogP contribution in [-0.2, 0) is 10.8 Å². The van der Waals surface area contributed by atoms with E-state index >= 15 is 0 Å². The first kappa shape index (κ1) is 27.0. The number of fused-ring (bicyclic) bond motifs is 3. The molecule has 0 saturated heterocycles. The van der Waals surface area contributed by atoms with Gasteiger partial charge in [0.25, 0.3) is 0 Å². The summed E-state index contributed by atoms with van der Waals surface area (Å²) in [7, 11) is 0. The summed E-state index contributed by atoms with van der Waals surface area (Å²) >= 11 is 0. The minimum absolute atomic E-state index is 0.0592. The van der Waals surface area contributed by atoms with E-state index in [-0.39, 0.29) is 16.6 Å². The van der Waals surface area contributed by atoms with Gasteiger partial charge in [-0.2, -0.15) is 0 Å². The summed E-state index contributed by atoms with van der Waals surface area (Å²) in [5.74, 6) is 1.51. The minimum atomic E-state index is -0.198. The number of aryl methyl sites for hydroxylation is 1. The van der Waals surface area contributed by atoms with Crippen molar-refractivity contribution in [2.75, 3.05) is 4.90 Å². The predicted octanol–water partition coefficient (Wildman–Crippen LogP) is 9.84. The molecule has 6 rings (SSSR count). The van der Waals surface area contributed by atoms with Gasteiger partial charge in [-0.3, -0.25) is 4.90 Å². The highest BCUT2D eigenvalue weighted by molar-refractivity contribution is 5.91. The van der Waals surface area contributed by atoms with Crippen molar-refractivity contribution in [3.63, 3.8) is 0 Å². The third-order valence-electron chi connectivity index (χ3n) is 8.58. The Labute approximate surface area is 243 Å². The number of benzene rings is 3. The molecule has 41 heavy (non-hydrogen) atoms. The van der Waals surface area contributed by atoms with Gasteiger partial charge in [-0.25, -0.2) is 9.97 Å². The molecule has 5 aromatic rings. The molecule has 0 saturated carbocycles. The van der Waals surface area contributed by atoms with Crippen LogP contribution in [0.3, 0.4) is 0 Å². The molecule has 4 nitrogen and oxygen atoms in total. The van der Waals surface area contributed by atoms with Crippen LogP contribution in [0.2, 0.25) is 0 Å². The molecule has 1 aliphatic heterocycles. The first-order valence-electron chi connectivity index (χ1n) is 14.5. The van der Waals surface area contributed by atoms with Crippen LogP contribution in [0.1, 0.15) is 82.2 Å². The van der Waals surface area contributed by atoms with Gasteiger partial charge in [-0.05, 0) is 76.4 Å². The van der Waals surface area contributed by atoms with Crippen molar-refractivity contribution in [1.29, 1.82) is 0 Å². The highest BCUT2D eigenvalue weighted by Crippen LogP contribution is 2.53. The van der Waals surface area contributed by atoms with Crippen molar-refractivity contribution in [3.8, 4) is 17.0 Å². The summed E-state index contributed by atoms with van der Waals surface area (Å²) in [6, 6.07) is 25.7. The van der Waals surface area contributed by atoms with Gasteiger partial charge in [0, 0.05) is 22.6 Å². The molecule has 0 radical (unpaired) electrons. The molecule has 1 aliphatic rings. The number of aromatic hydroxyl groups is 1. The fourth-order valence-corrected chi connectivity index (χ4v) is 6.16. The Hall–Kier alpha value is -4.18. The van der Waals surface area contributed by atoms with Gasteiger partial charge in [0.2, 0.25) is 0 Å². The van der Waals surface area contributed by atoms with E-state index in [2.05, 4.69) is 121 Å². The van der Waals surface area contributed by atoms with Crippen LogP contribution in [0.4, 0.5) is 17.2 Å². The number of phenols is 1. The van der Waals surface area contributed by atoms with Crippen molar-refractivity contribution in [2.24, 2.45) is 0 Å². The first-order chi connectivity index (χ1) is 19.4. The molecule has 0 aliphatic carbocycles. The van der Waals surface area contributed by atoms with Crippen LogP contribution in [0.5, 0.6) is 5.75 Å². The second-order valence-electron chi connectivity index (χ2n) is 13.3. The van der Waals surface area contributed by atoms with Crippen molar-refractivity contribution < 1.29 is 5.11 Å². The zero-order valence-corrected chi connectivity index (χ0v) is 25.4. The molecule has 1 N–H and O–H groups in total. The summed E-state index contributed by atoms with van der Waals surface area (Å²) in [6.45, 7) is 17.7. The Bertz CT molecular complexity index is 1790. The van der Waals surface area contributed by atoms with Crippen LogP contribution in [0, 0.1) is 6.92 Å². The SMILES string of the molecule is Cc1ccc(N2c3cc(-c4ccc5c(C(C)(C)C)ccc(O)c5n4)ccc3C(C)(C)c3ccc(C(C)C)cc32)nc1. The average Bonchev–Trinajstić information content (AvgIpc) is 2.93. The molecular weight excluding hydrogens is 502 g/mol. The van der Waals surface area contributed by atoms with Gasteiger partial charge in [0.15, 0.2) is 0 Å². The average molecular weight is 542 g/mol. The molecule has 2 aromatic heterocycles. The van der Waals surface area contributed by atoms with E-state index in [1.54, 1.807) is 6.07 Å². The van der Waals surface area contributed by atoms with E-state index in [0.29, 0.717) is 11.4 Å². The van der Waals surface area contributed by atoms with Crippen LogP contribution in [0.15, 0.2) is 79.0 Å². The Balaban J connectivity index is 1.58. The van der Waals surface area contributed by atoms with E-state index < -0.39 is 0 Å².